The number of aliphatic hydroxyl groups excluding tert-OH is 1. The smallest absolute Gasteiger partial charge is 0.333 e. The van der Waals surface area contributed by atoms with Crippen LogP contribution < -0.4 is 16.0 Å². The van der Waals surface area contributed by atoms with Crippen molar-refractivity contribution in [2.45, 2.75) is 50.7 Å². The monoisotopic (exact) mass is 310 g/mol. The summed E-state index contributed by atoms with van der Waals surface area (Å²) in [6, 6.07) is 7.39. The number of ether oxygens (including phenoxy) is 2. The number of benzene rings is 1. The van der Waals surface area contributed by atoms with Gasteiger partial charge in [0.05, 0.1) is 6.10 Å². The van der Waals surface area contributed by atoms with Crippen molar-refractivity contribution in [2.75, 3.05) is 0 Å². The van der Waals surface area contributed by atoms with Gasteiger partial charge in [0.25, 0.3) is 0 Å². The average molecular weight is 310 g/mol. The van der Waals surface area contributed by atoms with Crippen LogP contribution in [0.1, 0.15) is 37.8 Å². The van der Waals surface area contributed by atoms with Gasteiger partial charge in [-0.1, -0.05) is 19.1 Å². The van der Waals surface area contributed by atoms with Crippen LogP contribution in [0.25, 0.3) is 0 Å². The van der Waals surface area contributed by atoms with E-state index < -0.39 is 24.5 Å². The second-order valence-electron chi connectivity index (χ2n) is 5.33. The molecule has 1 aliphatic rings. The summed E-state index contributed by atoms with van der Waals surface area (Å²) in [6.07, 6.45) is -1.38. The van der Waals surface area contributed by atoms with E-state index in [4.69, 9.17) is 20.4 Å². The van der Waals surface area contributed by atoms with E-state index in [0.717, 1.165) is 12.0 Å². The molecule has 0 aromatic heterocycles. The molecule has 7 nitrogen and oxygen atoms in total. The molecule has 5 N–H and O–H groups in total. The van der Waals surface area contributed by atoms with Crippen LogP contribution in [0.3, 0.4) is 0 Å². The predicted octanol–water partition coefficient (Wildman–Crippen LogP) is 0.930. The zero-order valence-corrected chi connectivity index (χ0v) is 12.4. The molecule has 1 aromatic rings. The normalized spacial score (nSPS) is 26.4. The van der Waals surface area contributed by atoms with E-state index in [-0.39, 0.29) is 18.9 Å². The minimum Gasteiger partial charge on any atom is -0.479 e. The summed E-state index contributed by atoms with van der Waals surface area (Å²) in [7, 11) is 0. The number of hydrogen-bond acceptors (Lipinski definition) is 6. The molecule has 2 rings (SSSR count). The van der Waals surface area contributed by atoms with E-state index >= 15 is 0 Å². The maximum Gasteiger partial charge on any atom is 0.333 e. The number of rotatable bonds is 6. The van der Waals surface area contributed by atoms with Crippen LogP contribution in [-0.2, 0) is 9.53 Å². The van der Waals surface area contributed by atoms with Crippen LogP contribution in [0.4, 0.5) is 0 Å². The van der Waals surface area contributed by atoms with Crippen LogP contribution in [0, 0.1) is 0 Å². The molecular formula is C15H22N2O5. The molecule has 0 saturated carbocycles. The number of aliphatic carboxylic acids is 1. The highest BCUT2D eigenvalue weighted by atomic mass is 16.7. The highest BCUT2D eigenvalue weighted by Crippen LogP contribution is 2.25. The van der Waals surface area contributed by atoms with Crippen molar-refractivity contribution in [3.05, 3.63) is 29.8 Å². The van der Waals surface area contributed by atoms with E-state index in [2.05, 4.69) is 5.43 Å². The van der Waals surface area contributed by atoms with E-state index in [9.17, 15) is 9.90 Å². The Labute approximate surface area is 129 Å². The molecule has 1 saturated heterocycles. The van der Waals surface area contributed by atoms with Gasteiger partial charge in [-0.05, 0) is 24.1 Å². The summed E-state index contributed by atoms with van der Waals surface area (Å²) in [4.78, 5) is 11.0. The van der Waals surface area contributed by atoms with E-state index in [1.54, 1.807) is 12.1 Å². The van der Waals surface area contributed by atoms with Crippen molar-refractivity contribution in [2.24, 2.45) is 5.84 Å². The van der Waals surface area contributed by atoms with E-state index in [0.29, 0.717) is 5.75 Å². The molecule has 0 radical (unpaired) electrons. The minimum atomic E-state index is -1.09. The Morgan fingerprint density at radius 2 is 2.14 bits per heavy atom. The molecule has 22 heavy (non-hydrogen) atoms. The number of nitrogens with one attached hydrogen (secondary N) is 1. The lowest BCUT2D eigenvalue weighted by molar-refractivity contribution is -0.195. The average Bonchev–Trinajstić information content (AvgIpc) is 2.49. The minimum absolute atomic E-state index is 0.0678. The van der Waals surface area contributed by atoms with Gasteiger partial charge in [0.2, 0.25) is 6.29 Å². The standard InChI is InChI=1S/C15H22N2O5/c1-2-12(17-16)9-3-5-11(6-4-9)21-14-8-10(18)7-13(22-14)15(19)20/h3-6,10,12-14,17-18H,2,7-8,16H2,1H3,(H,19,20)/t10-,12-,13-,14+/m0/s1. The summed E-state index contributed by atoms with van der Waals surface area (Å²) in [6.45, 7) is 2.03. The second-order valence-corrected chi connectivity index (χ2v) is 5.33. The van der Waals surface area contributed by atoms with Gasteiger partial charge in [-0.15, -0.1) is 0 Å². The molecule has 122 valence electrons. The first-order chi connectivity index (χ1) is 10.5. The molecule has 0 unspecified atom stereocenters. The fraction of sp³-hybridized carbons (Fsp3) is 0.533. The number of nitrogens with two attached hydrogens (primary N) is 1. The number of aliphatic hydroxyl groups is 1. The SMILES string of the molecule is CC[C@H](NN)c1ccc(O[C@H]2C[C@@H](O)C[C@@H](C(=O)O)O2)cc1. The van der Waals surface area contributed by atoms with Crippen molar-refractivity contribution >= 4 is 5.97 Å². The molecule has 1 aliphatic heterocycles. The van der Waals surface area contributed by atoms with Gasteiger partial charge in [0.1, 0.15) is 5.75 Å². The maximum atomic E-state index is 11.0. The first-order valence-electron chi connectivity index (χ1n) is 7.32. The van der Waals surface area contributed by atoms with Crippen molar-refractivity contribution in [3.8, 4) is 5.75 Å². The Morgan fingerprint density at radius 3 is 2.68 bits per heavy atom. The van der Waals surface area contributed by atoms with Crippen molar-refractivity contribution in [1.29, 1.82) is 0 Å². The fourth-order valence-electron chi connectivity index (χ4n) is 2.47. The Morgan fingerprint density at radius 1 is 1.45 bits per heavy atom. The quantitative estimate of drug-likeness (QED) is 0.456. The van der Waals surface area contributed by atoms with Crippen LogP contribution >= 0.6 is 0 Å². The van der Waals surface area contributed by atoms with Crippen LogP contribution in [0.2, 0.25) is 0 Å². The fourth-order valence-corrected chi connectivity index (χ4v) is 2.47. The Kier molecular flexibility index (Phi) is 5.73. The molecule has 0 amide bonds. The molecule has 1 heterocycles. The molecule has 1 aromatic carbocycles. The van der Waals surface area contributed by atoms with E-state index in [1.165, 1.54) is 0 Å². The van der Waals surface area contributed by atoms with Crippen LogP contribution in [0.5, 0.6) is 5.75 Å². The lowest BCUT2D eigenvalue weighted by Crippen LogP contribution is -2.42. The van der Waals surface area contributed by atoms with Crippen molar-refractivity contribution in [3.63, 3.8) is 0 Å². The summed E-state index contributed by atoms with van der Waals surface area (Å²) in [5.74, 6) is 4.94. The maximum absolute atomic E-state index is 11.0. The van der Waals surface area contributed by atoms with Gasteiger partial charge in [0, 0.05) is 18.9 Å². The van der Waals surface area contributed by atoms with Gasteiger partial charge < -0.3 is 19.7 Å². The van der Waals surface area contributed by atoms with Crippen LogP contribution in [0.15, 0.2) is 24.3 Å². The highest BCUT2D eigenvalue weighted by Gasteiger charge is 2.33. The summed E-state index contributed by atoms with van der Waals surface area (Å²) < 4.78 is 10.9. The third-order valence-electron chi connectivity index (χ3n) is 3.70. The first kappa shape index (κ1) is 16.7. The molecule has 0 bridgehead atoms. The van der Waals surface area contributed by atoms with Gasteiger partial charge in [-0.25, -0.2) is 4.79 Å². The predicted molar refractivity (Wildman–Crippen MR) is 79.0 cm³/mol. The lowest BCUT2D eigenvalue weighted by Gasteiger charge is -2.31. The van der Waals surface area contributed by atoms with Crippen molar-refractivity contribution < 1.29 is 24.5 Å². The largest absolute Gasteiger partial charge is 0.479 e. The first-order valence-corrected chi connectivity index (χ1v) is 7.32. The zero-order valence-electron chi connectivity index (χ0n) is 12.4. The number of carboxylic acid groups (broad SMARTS) is 1. The van der Waals surface area contributed by atoms with Crippen LogP contribution in [-0.4, -0.2) is 34.7 Å². The van der Waals surface area contributed by atoms with Gasteiger partial charge in [-0.3, -0.25) is 11.3 Å². The molecule has 7 heteroatoms. The van der Waals surface area contributed by atoms with Gasteiger partial charge in [0.15, 0.2) is 6.10 Å². The highest BCUT2D eigenvalue weighted by molar-refractivity contribution is 5.72. The molecule has 0 spiro atoms. The molecule has 4 atom stereocenters. The van der Waals surface area contributed by atoms with Gasteiger partial charge >= 0.3 is 5.97 Å². The van der Waals surface area contributed by atoms with Crippen molar-refractivity contribution in [1.82, 2.24) is 5.43 Å². The number of hydrazine groups is 1. The second kappa shape index (κ2) is 7.55. The molecule has 0 aliphatic carbocycles. The third-order valence-corrected chi connectivity index (χ3v) is 3.70. The number of carboxylic acids is 1. The molecule has 1 fully saturated rings. The lowest BCUT2D eigenvalue weighted by atomic mass is 10.0. The topological polar surface area (TPSA) is 114 Å². The number of carbonyl (C=O) groups is 1. The number of hydrogen-bond donors (Lipinski definition) is 4. The van der Waals surface area contributed by atoms with Gasteiger partial charge in [-0.2, -0.15) is 0 Å². The third kappa shape index (κ3) is 4.17. The Bertz CT molecular complexity index is 489. The molecular weight excluding hydrogens is 288 g/mol. The van der Waals surface area contributed by atoms with E-state index in [1.807, 2.05) is 19.1 Å². The zero-order chi connectivity index (χ0) is 16.1. The summed E-state index contributed by atoms with van der Waals surface area (Å²) in [5.41, 5.74) is 3.76. The summed E-state index contributed by atoms with van der Waals surface area (Å²) >= 11 is 0. The summed E-state index contributed by atoms with van der Waals surface area (Å²) in [5, 5.41) is 18.7. The Hall–Kier alpha value is -1.67. The Balaban J connectivity index is 1.99.